The second-order valence-electron chi connectivity index (χ2n) is 4.94. The lowest BCUT2D eigenvalue weighted by Gasteiger charge is -2.12. The van der Waals surface area contributed by atoms with Crippen molar-refractivity contribution in [2.24, 2.45) is 5.73 Å². The first-order chi connectivity index (χ1) is 9.78. The van der Waals surface area contributed by atoms with Crippen LogP contribution in [0, 0.1) is 0 Å². The minimum absolute atomic E-state index is 0.323. The summed E-state index contributed by atoms with van der Waals surface area (Å²) in [6, 6.07) is 18.7. The Morgan fingerprint density at radius 2 is 1.80 bits per heavy atom. The van der Waals surface area contributed by atoms with E-state index in [1.54, 1.807) is 0 Å². The second kappa shape index (κ2) is 7.68. The minimum atomic E-state index is 0.323. The van der Waals surface area contributed by atoms with Crippen molar-refractivity contribution in [3.8, 4) is 5.75 Å². The fraction of sp³-hybridized carbons (Fsp3) is 0.294. The van der Waals surface area contributed by atoms with Crippen molar-refractivity contribution in [3.05, 3.63) is 65.7 Å². The molecule has 0 bridgehead atoms. The summed E-state index contributed by atoms with van der Waals surface area (Å²) in [6.07, 6.45) is 0. The quantitative estimate of drug-likeness (QED) is 0.813. The van der Waals surface area contributed by atoms with Crippen LogP contribution in [0.1, 0.15) is 18.1 Å². The van der Waals surface area contributed by atoms with Gasteiger partial charge in [-0.3, -0.25) is 0 Å². The van der Waals surface area contributed by atoms with Crippen LogP contribution in [0.4, 0.5) is 0 Å². The zero-order valence-corrected chi connectivity index (χ0v) is 11.9. The van der Waals surface area contributed by atoms with Crippen LogP contribution in [0.3, 0.4) is 0 Å². The molecule has 2 aromatic rings. The summed E-state index contributed by atoms with van der Waals surface area (Å²) < 4.78 is 5.81. The summed E-state index contributed by atoms with van der Waals surface area (Å²) in [5.74, 6) is 0.897. The van der Waals surface area contributed by atoms with Crippen LogP contribution in [-0.2, 0) is 13.2 Å². The monoisotopic (exact) mass is 270 g/mol. The van der Waals surface area contributed by atoms with Gasteiger partial charge in [0, 0.05) is 19.1 Å². The number of nitrogens with one attached hydrogen (secondary N) is 1. The van der Waals surface area contributed by atoms with Crippen molar-refractivity contribution in [2.75, 3.05) is 6.54 Å². The van der Waals surface area contributed by atoms with E-state index in [1.807, 2.05) is 30.3 Å². The van der Waals surface area contributed by atoms with Crippen LogP contribution in [0.5, 0.6) is 5.75 Å². The van der Waals surface area contributed by atoms with Crippen LogP contribution in [0.15, 0.2) is 54.6 Å². The fourth-order valence-corrected chi connectivity index (χ4v) is 1.86. The SMILES string of the molecule is CC(CN)NCc1cccc(OCc2ccccc2)c1. The molecular weight excluding hydrogens is 248 g/mol. The zero-order valence-electron chi connectivity index (χ0n) is 11.9. The molecule has 0 spiro atoms. The van der Waals surface area contributed by atoms with Crippen molar-refractivity contribution < 1.29 is 4.74 Å². The summed E-state index contributed by atoms with van der Waals surface area (Å²) in [6.45, 7) is 4.12. The van der Waals surface area contributed by atoms with Crippen molar-refractivity contribution in [1.82, 2.24) is 5.32 Å². The summed E-state index contributed by atoms with van der Waals surface area (Å²) in [5.41, 5.74) is 7.97. The van der Waals surface area contributed by atoms with Crippen LogP contribution in [-0.4, -0.2) is 12.6 Å². The predicted molar refractivity (Wildman–Crippen MR) is 82.6 cm³/mol. The molecule has 0 saturated heterocycles. The van der Waals surface area contributed by atoms with Crippen molar-refractivity contribution in [2.45, 2.75) is 26.1 Å². The van der Waals surface area contributed by atoms with Crippen molar-refractivity contribution in [3.63, 3.8) is 0 Å². The molecule has 0 fully saturated rings. The van der Waals surface area contributed by atoms with E-state index in [4.69, 9.17) is 10.5 Å². The average Bonchev–Trinajstić information content (AvgIpc) is 2.52. The molecule has 20 heavy (non-hydrogen) atoms. The van der Waals surface area contributed by atoms with E-state index in [9.17, 15) is 0 Å². The Morgan fingerprint density at radius 1 is 1.05 bits per heavy atom. The maximum atomic E-state index is 5.81. The molecule has 3 heteroatoms. The fourth-order valence-electron chi connectivity index (χ4n) is 1.86. The van der Waals surface area contributed by atoms with Crippen LogP contribution >= 0.6 is 0 Å². The third-order valence-corrected chi connectivity index (χ3v) is 3.15. The van der Waals surface area contributed by atoms with E-state index in [1.165, 1.54) is 11.1 Å². The molecule has 2 rings (SSSR count). The van der Waals surface area contributed by atoms with Gasteiger partial charge in [-0.2, -0.15) is 0 Å². The second-order valence-corrected chi connectivity index (χ2v) is 4.94. The highest BCUT2D eigenvalue weighted by Crippen LogP contribution is 2.15. The van der Waals surface area contributed by atoms with Gasteiger partial charge in [-0.05, 0) is 30.2 Å². The summed E-state index contributed by atoms with van der Waals surface area (Å²) in [5, 5.41) is 3.37. The number of benzene rings is 2. The number of rotatable bonds is 7. The molecule has 2 aromatic carbocycles. The standard InChI is InChI=1S/C17H22N2O/c1-14(11-18)19-12-16-8-5-9-17(10-16)20-13-15-6-3-2-4-7-15/h2-10,14,19H,11-13,18H2,1H3. The van der Waals surface area contributed by atoms with Gasteiger partial charge in [0.25, 0.3) is 0 Å². The van der Waals surface area contributed by atoms with E-state index in [2.05, 4.69) is 36.5 Å². The lowest BCUT2D eigenvalue weighted by molar-refractivity contribution is 0.306. The van der Waals surface area contributed by atoms with E-state index in [0.717, 1.165) is 12.3 Å². The Morgan fingerprint density at radius 3 is 2.55 bits per heavy atom. The molecular formula is C17H22N2O. The van der Waals surface area contributed by atoms with Crippen LogP contribution in [0.2, 0.25) is 0 Å². The largest absolute Gasteiger partial charge is 0.489 e. The van der Waals surface area contributed by atoms with Crippen molar-refractivity contribution in [1.29, 1.82) is 0 Å². The highest BCUT2D eigenvalue weighted by molar-refractivity contribution is 5.29. The maximum absolute atomic E-state index is 5.81. The molecule has 0 aliphatic carbocycles. The number of hydrogen-bond acceptors (Lipinski definition) is 3. The third-order valence-electron chi connectivity index (χ3n) is 3.15. The highest BCUT2D eigenvalue weighted by Gasteiger charge is 2.01. The summed E-state index contributed by atoms with van der Waals surface area (Å²) >= 11 is 0. The Hall–Kier alpha value is -1.84. The summed E-state index contributed by atoms with van der Waals surface area (Å²) in [4.78, 5) is 0. The van der Waals surface area contributed by atoms with Gasteiger partial charge in [0.05, 0.1) is 0 Å². The molecule has 0 amide bonds. The van der Waals surface area contributed by atoms with Gasteiger partial charge in [0.1, 0.15) is 12.4 Å². The van der Waals surface area contributed by atoms with Gasteiger partial charge >= 0.3 is 0 Å². The third kappa shape index (κ3) is 4.68. The number of ether oxygens (including phenoxy) is 1. The molecule has 0 aliphatic rings. The molecule has 1 unspecified atom stereocenters. The Kier molecular flexibility index (Phi) is 5.59. The number of hydrogen-bond donors (Lipinski definition) is 2. The minimum Gasteiger partial charge on any atom is -0.489 e. The Labute approximate surface area is 120 Å². The lowest BCUT2D eigenvalue weighted by atomic mass is 10.2. The first-order valence-corrected chi connectivity index (χ1v) is 6.97. The van der Waals surface area contributed by atoms with E-state index < -0.39 is 0 Å². The van der Waals surface area contributed by atoms with Gasteiger partial charge in [-0.25, -0.2) is 0 Å². The topological polar surface area (TPSA) is 47.3 Å². The molecule has 0 heterocycles. The van der Waals surface area contributed by atoms with Crippen LogP contribution < -0.4 is 15.8 Å². The molecule has 0 aromatic heterocycles. The van der Waals surface area contributed by atoms with Gasteiger partial charge in [-0.1, -0.05) is 42.5 Å². The zero-order chi connectivity index (χ0) is 14.2. The van der Waals surface area contributed by atoms with Crippen LogP contribution in [0.25, 0.3) is 0 Å². The first kappa shape index (κ1) is 14.6. The van der Waals surface area contributed by atoms with Gasteiger partial charge < -0.3 is 15.8 Å². The lowest BCUT2D eigenvalue weighted by Crippen LogP contribution is -2.32. The molecule has 0 saturated carbocycles. The molecule has 1 atom stereocenters. The van der Waals surface area contributed by atoms with Gasteiger partial charge in [-0.15, -0.1) is 0 Å². The molecule has 0 aliphatic heterocycles. The van der Waals surface area contributed by atoms with E-state index in [0.29, 0.717) is 19.2 Å². The summed E-state index contributed by atoms with van der Waals surface area (Å²) in [7, 11) is 0. The van der Waals surface area contributed by atoms with Gasteiger partial charge in [0.2, 0.25) is 0 Å². The molecule has 0 radical (unpaired) electrons. The maximum Gasteiger partial charge on any atom is 0.120 e. The Bertz CT molecular complexity index is 513. The Balaban J connectivity index is 1.89. The molecule has 3 nitrogen and oxygen atoms in total. The average molecular weight is 270 g/mol. The predicted octanol–water partition coefficient (Wildman–Crippen LogP) is 2.70. The van der Waals surface area contributed by atoms with E-state index in [-0.39, 0.29) is 0 Å². The van der Waals surface area contributed by atoms with Gasteiger partial charge in [0.15, 0.2) is 0 Å². The first-order valence-electron chi connectivity index (χ1n) is 6.97. The van der Waals surface area contributed by atoms with Crippen molar-refractivity contribution >= 4 is 0 Å². The smallest absolute Gasteiger partial charge is 0.120 e. The normalized spacial score (nSPS) is 12.1. The number of nitrogens with two attached hydrogens (primary N) is 1. The highest BCUT2D eigenvalue weighted by atomic mass is 16.5. The molecule has 106 valence electrons. The molecule has 3 N–H and O–H groups in total. The van der Waals surface area contributed by atoms with E-state index >= 15 is 0 Å².